The molecule has 0 aromatic carbocycles. The lowest BCUT2D eigenvalue weighted by atomic mass is 9.80. The Bertz CT molecular complexity index is 1190. The minimum absolute atomic E-state index is 0.00613. The minimum Gasteiger partial charge on any atom is -0.481 e. The van der Waals surface area contributed by atoms with Gasteiger partial charge < -0.3 is 31.1 Å². The number of allylic oxidation sites excluding steroid dienone is 1. The standard InChI is InChI=1S/C37H57N3O5/c1-2-3-5-9-26-13-14-29(34(42)22-26)10-6-4-7-12-32(36(43)44)33(41)15-17-37(45)25-28(20-27-16-19-40-35(38)23-27)21-30(37)24-31-11-8-18-39-31/h8,11,13-14,16,18-19,23,26,28-30,32-34,39,41-42,45H,2-7,9-10,12,15,17,20-22,24-25H2,1H3,(H2,38,40)(H,43,44). The zero-order valence-electron chi connectivity index (χ0n) is 27.2. The molecule has 2 aliphatic rings. The highest BCUT2D eigenvalue weighted by molar-refractivity contribution is 5.70. The number of nitrogens with one attached hydrogen (secondary N) is 1. The van der Waals surface area contributed by atoms with Gasteiger partial charge in [0, 0.05) is 24.0 Å². The molecular weight excluding hydrogens is 566 g/mol. The van der Waals surface area contributed by atoms with Crippen molar-refractivity contribution >= 4 is 11.8 Å². The number of aliphatic carboxylic acids is 1. The molecule has 1 saturated carbocycles. The van der Waals surface area contributed by atoms with Crippen molar-refractivity contribution in [3.8, 4) is 0 Å². The zero-order valence-corrected chi connectivity index (χ0v) is 27.2. The molecule has 0 bridgehead atoms. The Labute approximate surface area is 269 Å². The number of aromatic amines is 1. The fourth-order valence-electron chi connectivity index (χ4n) is 7.97. The molecule has 8 atom stereocenters. The van der Waals surface area contributed by atoms with Gasteiger partial charge in [-0.05, 0) is 112 Å². The van der Waals surface area contributed by atoms with Gasteiger partial charge in [-0.2, -0.15) is 0 Å². The highest BCUT2D eigenvalue weighted by atomic mass is 16.4. The number of rotatable bonds is 19. The largest absolute Gasteiger partial charge is 0.481 e. The third-order valence-electron chi connectivity index (χ3n) is 10.6. The van der Waals surface area contributed by atoms with Gasteiger partial charge in [-0.1, -0.05) is 57.6 Å². The van der Waals surface area contributed by atoms with Crippen molar-refractivity contribution in [3.05, 3.63) is 60.1 Å². The second-order valence-corrected chi connectivity index (χ2v) is 14.1. The van der Waals surface area contributed by atoms with Gasteiger partial charge in [-0.3, -0.25) is 4.79 Å². The number of nitrogen functional groups attached to an aromatic ring is 1. The summed E-state index contributed by atoms with van der Waals surface area (Å²) in [7, 11) is 0. The van der Waals surface area contributed by atoms with E-state index in [4.69, 9.17) is 5.73 Å². The number of nitrogens with zero attached hydrogens (tertiary/aromatic N) is 1. The van der Waals surface area contributed by atoms with Crippen molar-refractivity contribution in [2.24, 2.45) is 29.6 Å². The van der Waals surface area contributed by atoms with Crippen LogP contribution >= 0.6 is 0 Å². The van der Waals surface area contributed by atoms with Gasteiger partial charge in [0.1, 0.15) is 5.82 Å². The summed E-state index contributed by atoms with van der Waals surface area (Å²) in [5.74, 6) is -0.410. The minimum atomic E-state index is -1.01. The Morgan fingerprint density at radius 2 is 1.91 bits per heavy atom. The van der Waals surface area contributed by atoms with Gasteiger partial charge in [-0.25, -0.2) is 4.98 Å². The SMILES string of the molecule is CCCCCC1C=CC(CCCCCC(C(=O)O)C(O)CCC2(O)CC(Cc3ccnc(N)c3)CC2Cc2ccc[nH]2)C(O)C1. The summed E-state index contributed by atoms with van der Waals surface area (Å²) in [5, 5.41) is 43.6. The van der Waals surface area contributed by atoms with E-state index in [1.165, 1.54) is 19.3 Å². The lowest BCUT2D eigenvalue weighted by Gasteiger charge is -2.32. The molecule has 7 N–H and O–H groups in total. The maximum atomic E-state index is 12.2. The highest BCUT2D eigenvalue weighted by Gasteiger charge is 2.46. The Balaban J connectivity index is 1.25. The molecule has 250 valence electrons. The first kappa shape index (κ1) is 35.2. The number of carbonyl (C=O) groups is 1. The number of hydrogen-bond donors (Lipinski definition) is 6. The Morgan fingerprint density at radius 3 is 2.62 bits per heavy atom. The third-order valence-corrected chi connectivity index (χ3v) is 10.6. The van der Waals surface area contributed by atoms with E-state index in [0.29, 0.717) is 37.4 Å². The average Bonchev–Trinajstić information content (AvgIpc) is 3.62. The molecule has 45 heavy (non-hydrogen) atoms. The van der Waals surface area contributed by atoms with E-state index in [1.807, 2.05) is 30.5 Å². The second-order valence-electron chi connectivity index (χ2n) is 14.1. The quantitative estimate of drug-likeness (QED) is 0.0776. The number of aliphatic hydroxyl groups excluding tert-OH is 2. The summed E-state index contributed by atoms with van der Waals surface area (Å²) in [5.41, 5.74) is 7.08. The van der Waals surface area contributed by atoms with E-state index in [2.05, 4.69) is 29.0 Å². The smallest absolute Gasteiger partial charge is 0.309 e. The summed E-state index contributed by atoms with van der Waals surface area (Å²) in [6, 6.07) is 7.84. The zero-order chi connectivity index (χ0) is 32.2. The summed E-state index contributed by atoms with van der Waals surface area (Å²) in [6.07, 6.45) is 19.9. The van der Waals surface area contributed by atoms with Crippen LogP contribution in [0.1, 0.15) is 108 Å². The van der Waals surface area contributed by atoms with Crippen LogP contribution in [0.3, 0.4) is 0 Å². The first-order chi connectivity index (χ1) is 21.7. The molecular formula is C37H57N3O5. The molecule has 0 radical (unpaired) electrons. The fourth-order valence-corrected chi connectivity index (χ4v) is 7.97. The first-order valence-electron chi connectivity index (χ1n) is 17.5. The van der Waals surface area contributed by atoms with Crippen LogP contribution in [0.4, 0.5) is 5.82 Å². The molecule has 0 saturated heterocycles. The van der Waals surface area contributed by atoms with Crippen LogP contribution in [0.5, 0.6) is 0 Å². The van der Waals surface area contributed by atoms with Crippen LogP contribution in [0.25, 0.3) is 0 Å². The number of unbranched alkanes of at least 4 members (excludes halogenated alkanes) is 4. The van der Waals surface area contributed by atoms with Crippen LogP contribution in [0.15, 0.2) is 48.8 Å². The predicted molar refractivity (Wildman–Crippen MR) is 178 cm³/mol. The Hall–Kier alpha value is -2.68. The maximum absolute atomic E-state index is 12.2. The molecule has 2 aliphatic carbocycles. The van der Waals surface area contributed by atoms with Gasteiger partial charge in [0.05, 0.1) is 23.7 Å². The van der Waals surface area contributed by atoms with Crippen LogP contribution in [0, 0.1) is 29.6 Å². The van der Waals surface area contributed by atoms with Crippen LogP contribution in [0.2, 0.25) is 0 Å². The van der Waals surface area contributed by atoms with Gasteiger partial charge in [-0.15, -0.1) is 0 Å². The molecule has 2 heterocycles. The molecule has 2 aromatic heterocycles. The van der Waals surface area contributed by atoms with Crippen molar-refractivity contribution in [3.63, 3.8) is 0 Å². The van der Waals surface area contributed by atoms with Gasteiger partial charge in [0.2, 0.25) is 0 Å². The van der Waals surface area contributed by atoms with E-state index < -0.39 is 23.6 Å². The van der Waals surface area contributed by atoms with Crippen molar-refractivity contribution in [1.82, 2.24) is 9.97 Å². The number of aromatic nitrogens is 2. The Kier molecular flexibility index (Phi) is 13.5. The number of carboxylic acids is 1. The molecule has 8 unspecified atom stereocenters. The van der Waals surface area contributed by atoms with E-state index in [9.17, 15) is 25.2 Å². The topological polar surface area (TPSA) is 153 Å². The summed E-state index contributed by atoms with van der Waals surface area (Å²) in [4.78, 5) is 19.5. The summed E-state index contributed by atoms with van der Waals surface area (Å²) < 4.78 is 0. The predicted octanol–water partition coefficient (Wildman–Crippen LogP) is 6.46. The molecule has 0 amide bonds. The van der Waals surface area contributed by atoms with E-state index in [-0.39, 0.29) is 30.3 Å². The van der Waals surface area contributed by atoms with Crippen LogP contribution in [-0.2, 0) is 17.6 Å². The van der Waals surface area contributed by atoms with Crippen molar-refractivity contribution in [2.45, 2.75) is 127 Å². The second kappa shape index (κ2) is 17.3. The molecule has 4 rings (SSSR count). The average molecular weight is 624 g/mol. The molecule has 8 heteroatoms. The van der Waals surface area contributed by atoms with Crippen LogP contribution in [-0.4, -0.2) is 54.2 Å². The monoisotopic (exact) mass is 623 g/mol. The van der Waals surface area contributed by atoms with E-state index in [1.54, 1.807) is 6.20 Å². The van der Waals surface area contributed by atoms with Gasteiger partial charge >= 0.3 is 5.97 Å². The lowest BCUT2D eigenvalue weighted by Crippen LogP contribution is -2.37. The first-order valence-corrected chi connectivity index (χ1v) is 17.5. The number of hydrogen-bond acceptors (Lipinski definition) is 6. The number of pyridine rings is 1. The van der Waals surface area contributed by atoms with Crippen molar-refractivity contribution < 1.29 is 25.2 Å². The number of H-pyrrole nitrogens is 1. The molecule has 0 spiro atoms. The fraction of sp³-hybridized carbons (Fsp3) is 0.676. The molecule has 8 nitrogen and oxygen atoms in total. The van der Waals surface area contributed by atoms with Crippen molar-refractivity contribution in [2.75, 3.05) is 5.73 Å². The van der Waals surface area contributed by atoms with Gasteiger partial charge in [0.15, 0.2) is 0 Å². The third kappa shape index (κ3) is 10.7. The number of aliphatic hydroxyl groups is 3. The van der Waals surface area contributed by atoms with E-state index in [0.717, 1.165) is 62.6 Å². The summed E-state index contributed by atoms with van der Waals surface area (Å²) >= 11 is 0. The number of anilines is 1. The van der Waals surface area contributed by atoms with Crippen LogP contribution < -0.4 is 5.73 Å². The normalized spacial score (nSPS) is 27.9. The number of nitrogens with two attached hydrogens (primary N) is 1. The summed E-state index contributed by atoms with van der Waals surface area (Å²) in [6.45, 7) is 2.21. The Morgan fingerprint density at radius 1 is 1.09 bits per heavy atom. The van der Waals surface area contributed by atoms with Crippen molar-refractivity contribution in [1.29, 1.82) is 0 Å². The number of carboxylic acid groups (broad SMARTS) is 1. The van der Waals surface area contributed by atoms with Gasteiger partial charge in [0.25, 0.3) is 0 Å². The molecule has 1 fully saturated rings. The highest BCUT2D eigenvalue weighted by Crippen LogP contribution is 2.46. The lowest BCUT2D eigenvalue weighted by molar-refractivity contribution is -0.146. The van der Waals surface area contributed by atoms with E-state index >= 15 is 0 Å². The molecule has 2 aromatic rings. The molecule has 0 aliphatic heterocycles. The maximum Gasteiger partial charge on any atom is 0.309 e.